The summed E-state index contributed by atoms with van der Waals surface area (Å²) in [6, 6.07) is 0. The minimum Gasteiger partial charge on any atom is -0.465 e. The molecule has 0 aromatic rings. The van der Waals surface area contributed by atoms with E-state index in [2.05, 4.69) is 9.47 Å². The van der Waals surface area contributed by atoms with Crippen molar-refractivity contribution in [2.75, 3.05) is 14.2 Å². The van der Waals surface area contributed by atoms with Crippen LogP contribution in [0.1, 0.15) is 13.3 Å². The van der Waals surface area contributed by atoms with E-state index in [1.165, 1.54) is 25.9 Å². The molecule has 0 saturated carbocycles. The van der Waals surface area contributed by atoms with Crippen molar-refractivity contribution in [1.82, 2.24) is 0 Å². The molecule has 0 radical (unpaired) electrons. The van der Waals surface area contributed by atoms with E-state index in [1.54, 1.807) is 0 Å². The average Bonchev–Trinajstić information content (AvgIpc) is 2.59. The van der Waals surface area contributed by atoms with Gasteiger partial charge in [0, 0.05) is 0 Å². The van der Waals surface area contributed by atoms with Gasteiger partial charge in [-0.15, -0.1) is 0 Å². The van der Waals surface area contributed by atoms with Gasteiger partial charge in [0.05, 0.1) is 14.2 Å². The van der Waals surface area contributed by atoms with E-state index < -0.39 is 11.9 Å². The zero-order valence-electron chi connectivity index (χ0n) is 10.7. The molecular weight excluding hydrogens is 232 g/mol. The maximum absolute atomic E-state index is 11.5. The number of hydrogen-bond donors (Lipinski definition) is 0. The number of ether oxygens (including phenoxy) is 2. The Hall–Kier alpha value is -2.10. The first-order valence-corrected chi connectivity index (χ1v) is 5.50. The molecule has 0 saturated heterocycles. The Morgan fingerprint density at radius 1 is 1.17 bits per heavy atom. The van der Waals surface area contributed by atoms with Gasteiger partial charge in [-0.25, -0.2) is 9.59 Å². The first-order valence-electron chi connectivity index (χ1n) is 5.50. The van der Waals surface area contributed by atoms with Gasteiger partial charge in [-0.3, -0.25) is 0 Å². The van der Waals surface area contributed by atoms with Crippen LogP contribution in [0.3, 0.4) is 0 Å². The van der Waals surface area contributed by atoms with Gasteiger partial charge >= 0.3 is 11.9 Å². The quantitative estimate of drug-likeness (QED) is 0.332. The molecule has 18 heavy (non-hydrogen) atoms. The van der Waals surface area contributed by atoms with Crippen molar-refractivity contribution in [2.24, 2.45) is 0 Å². The zero-order chi connectivity index (χ0) is 13.5. The van der Waals surface area contributed by atoms with Crippen LogP contribution in [0.15, 0.2) is 47.1 Å². The van der Waals surface area contributed by atoms with Crippen LogP contribution in [0.4, 0.5) is 0 Å². The van der Waals surface area contributed by atoms with Crippen LogP contribution in [0.5, 0.6) is 0 Å². The molecule has 4 heteroatoms. The fraction of sp³-hybridized carbons (Fsp3) is 0.286. The second kappa shape index (κ2) is 6.59. The first kappa shape index (κ1) is 14.0. The molecule has 0 amide bonds. The number of allylic oxidation sites excluding steroid dienone is 7. The summed E-state index contributed by atoms with van der Waals surface area (Å²) in [7, 11) is 2.45. The average molecular weight is 248 g/mol. The summed E-state index contributed by atoms with van der Waals surface area (Å²) in [6.45, 7) is 2.01. The fourth-order valence-corrected chi connectivity index (χ4v) is 1.43. The summed E-state index contributed by atoms with van der Waals surface area (Å²) in [5.74, 6) is -1.41. The van der Waals surface area contributed by atoms with Crippen LogP contribution in [0.25, 0.3) is 0 Å². The second-order valence-electron chi connectivity index (χ2n) is 3.83. The maximum atomic E-state index is 11.5. The van der Waals surface area contributed by atoms with E-state index in [4.69, 9.17) is 0 Å². The minimum absolute atomic E-state index is 0.121. The highest BCUT2D eigenvalue weighted by molar-refractivity contribution is 6.14. The van der Waals surface area contributed by atoms with Gasteiger partial charge < -0.3 is 9.47 Å². The predicted octanol–water partition coefficient (Wildman–Crippen LogP) is 2.09. The summed E-state index contributed by atoms with van der Waals surface area (Å²) < 4.78 is 9.11. The molecule has 0 spiro atoms. The lowest BCUT2D eigenvalue weighted by molar-refractivity contribution is -0.144. The Labute approximate surface area is 106 Å². The lowest BCUT2D eigenvalue weighted by Crippen LogP contribution is -2.16. The molecule has 0 unspecified atom stereocenters. The molecule has 96 valence electrons. The standard InChI is InChI=1S/C14H16O4/c1-10-5-4-6-11(8-7-10)9-12(13(15)17-2)14(16)18-3/h4,6-9H,5H2,1-3H3. The van der Waals surface area contributed by atoms with Crippen LogP contribution in [0, 0.1) is 0 Å². The molecule has 1 aliphatic carbocycles. The molecule has 0 aromatic heterocycles. The van der Waals surface area contributed by atoms with Crippen molar-refractivity contribution in [1.29, 1.82) is 0 Å². The smallest absolute Gasteiger partial charge is 0.345 e. The highest BCUT2D eigenvalue weighted by Crippen LogP contribution is 2.14. The van der Waals surface area contributed by atoms with Crippen molar-refractivity contribution in [3.63, 3.8) is 0 Å². The number of carbonyl (C=O) groups excluding carboxylic acids is 2. The molecule has 0 bridgehead atoms. The molecule has 0 aromatic carbocycles. The predicted molar refractivity (Wildman–Crippen MR) is 67.7 cm³/mol. The van der Waals surface area contributed by atoms with Gasteiger partial charge in [0.2, 0.25) is 0 Å². The normalized spacial score (nSPS) is 13.9. The minimum atomic E-state index is -0.707. The number of esters is 2. The van der Waals surface area contributed by atoms with Crippen LogP contribution in [-0.2, 0) is 19.1 Å². The molecule has 0 heterocycles. The lowest BCUT2D eigenvalue weighted by Gasteiger charge is -2.03. The lowest BCUT2D eigenvalue weighted by atomic mass is 10.1. The number of hydrogen-bond acceptors (Lipinski definition) is 4. The molecular formula is C14H16O4. The first-order chi connectivity index (χ1) is 8.58. The zero-order valence-corrected chi connectivity index (χ0v) is 10.7. The second-order valence-corrected chi connectivity index (χ2v) is 3.83. The summed E-state index contributed by atoms with van der Waals surface area (Å²) in [4.78, 5) is 23.0. The number of methoxy groups -OCH3 is 2. The largest absolute Gasteiger partial charge is 0.465 e. The molecule has 1 rings (SSSR count). The topological polar surface area (TPSA) is 52.6 Å². The van der Waals surface area contributed by atoms with Gasteiger partial charge in [0.1, 0.15) is 5.57 Å². The monoisotopic (exact) mass is 248 g/mol. The summed E-state index contributed by atoms with van der Waals surface area (Å²) in [6.07, 6.45) is 9.90. The fourth-order valence-electron chi connectivity index (χ4n) is 1.43. The number of carbonyl (C=O) groups is 2. The number of rotatable bonds is 3. The summed E-state index contributed by atoms with van der Waals surface area (Å²) in [5.41, 5.74) is 1.83. The summed E-state index contributed by atoms with van der Waals surface area (Å²) >= 11 is 0. The van der Waals surface area contributed by atoms with E-state index in [0.29, 0.717) is 0 Å². The third kappa shape index (κ3) is 3.73. The Bertz CT molecular complexity index is 446. The van der Waals surface area contributed by atoms with Gasteiger partial charge in [0.25, 0.3) is 0 Å². The van der Waals surface area contributed by atoms with E-state index in [-0.39, 0.29) is 5.57 Å². The Morgan fingerprint density at radius 3 is 2.33 bits per heavy atom. The molecule has 0 fully saturated rings. The highest BCUT2D eigenvalue weighted by Gasteiger charge is 2.19. The van der Waals surface area contributed by atoms with Gasteiger partial charge in [-0.2, -0.15) is 0 Å². The van der Waals surface area contributed by atoms with Gasteiger partial charge in [-0.1, -0.05) is 29.9 Å². The van der Waals surface area contributed by atoms with Crippen molar-refractivity contribution in [2.45, 2.75) is 13.3 Å². The Balaban J connectivity index is 3.09. The Morgan fingerprint density at radius 2 is 1.78 bits per heavy atom. The van der Waals surface area contributed by atoms with Crippen LogP contribution in [-0.4, -0.2) is 26.2 Å². The van der Waals surface area contributed by atoms with Gasteiger partial charge in [-0.05, 0) is 25.0 Å². The third-order valence-corrected chi connectivity index (χ3v) is 2.43. The third-order valence-electron chi connectivity index (χ3n) is 2.43. The molecule has 0 N–H and O–H groups in total. The van der Waals surface area contributed by atoms with E-state index in [1.807, 2.05) is 31.2 Å². The van der Waals surface area contributed by atoms with Crippen molar-refractivity contribution in [3.8, 4) is 0 Å². The van der Waals surface area contributed by atoms with E-state index in [9.17, 15) is 9.59 Å². The van der Waals surface area contributed by atoms with Crippen LogP contribution >= 0.6 is 0 Å². The molecule has 0 aliphatic heterocycles. The Kier molecular flexibility index (Phi) is 5.11. The van der Waals surface area contributed by atoms with Crippen LogP contribution in [0.2, 0.25) is 0 Å². The van der Waals surface area contributed by atoms with Crippen molar-refractivity contribution in [3.05, 3.63) is 47.1 Å². The SMILES string of the molecule is COC(=O)C(=CC1=CC=C(C)CC=C1)C(=O)OC. The van der Waals surface area contributed by atoms with Crippen molar-refractivity contribution >= 4 is 11.9 Å². The highest BCUT2D eigenvalue weighted by atomic mass is 16.5. The molecule has 1 aliphatic rings. The van der Waals surface area contributed by atoms with Crippen LogP contribution < -0.4 is 0 Å². The molecule has 4 nitrogen and oxygen atoms in total. The van der Waals surface area contributed by atoms with E-state index >= 15 is 0 Å². The summed E-state index contributed by atoms with van der Waals surface area (Å²) in [5, 5.41) is 0. The molecule has 0 atom stereocenters. The maximum Gasteiger partial charge on any atom is 0.345 e. The van der Waals surface area contributed by atoms with Gasteiger partial charge in [0.15, 0.2) is 0 Å². The van der Waals surface area contributed by atoms with E-state index in [0.717, 1.165) is 12.0 Å². The van der Waals surface area contributed by atoms with Crippen molar-refractivity contribution < 1.29 is 19.1 Å².